The Morgan fingerprint density at radius 3 is 2.39 bits per heavy atom. The third-order valence-electron chi connectivity index (χ3n) is 4.28. The van der Waals surface area contributed by atoms with E-state index in [0.29, 0.717) is 6.54 Å². The lowest BCUT2D eigenvalue weighted by Gasteiger charge is -2.32. The van der Waals surface area contributed by atoms with Crippen molar-refractivity contribution in [1.29, 1.82) is 0 Å². The van der Waals surface area contributed by atoms with Gasteiger partial charge < -0.3 is 5.11 Å². The van der Waals surface area contributed by atoms with Gasteiger partial charge in [-0.25, -0.2) is 13.4 Å². The summed E-state index contributed by atoms with van der Waals surface area (Å²) in [7, 11) is -3.60. The maximum atomic E-state index is 13.5. The van der Waals surface area contributed by atoms with E-state index < -0.39 is 16.1 Å². The van der Waals surface area contributed by atoms with Gasteiger partial charge in [0.1, 0.15) is 0 Å². The van der Waals surface area contributed by atoms with Crippen LogP contribution in [0.5, 0.6) is 5.88 Å². The summed E-state index contributed by atoms with van der Waals surface area (Å²) in [6.45, 7) is 4.40. The number of nitrogens with zero attached hydrogens (tertiary/aromatic N) is 2. The van der Waals surface area contributed by atoms with Crippen molar-refractivity contribution in [3.05, 3.63) is 82.2 Å². The fraction of sp³-hybridized carbons (Fsp3) is 0.286. The Morgan fingerprint density at radius 1 is 1.07 bits per heavy atom. The van der Waals surface area contributed by atoms with E-state index in [1.807, 2.05) is 61.7 Å². The van der Waals surface area contributed by atoms with Gasteiger partial charge in [0.2, 0.25) is 15.9 Å². The first-order valence-electron chi connectivity index (χ1n) is 9.08. The fourth-order valence-corrected chi connectivity index (χ4v) is 5.88. The SMILES string of the molecule is CC(C)CN(C(c1ccc(O)nc1)c1cccs1)S(=O)(=O)Cc1ccccc1. The molecule has 0 saturated carbocycles. The summed E-state index contributed by atoms with van der Waals surface area (Å²) in [6.07, 6.45) is 1.55. The average molecular weight is 417 g/mol. The molecule has 0 fully saturated rings. The molecule has 28 heavy (non-hydrogen) atoms. The van der Waals surface area contributed by atoms with Crippen molar-refractivity contribution in [2.24, 2.45) is 5.92 Å². The summed E-state index contributed by atoms with van der Waals surface area (Å²) in [5.41, 5.74) is 1.49. The highest BCUT2D eigenvalue weighted by Gasteiger charge is 2.33. The fourth-order valence-electron chi connectivity index (χ4n) is 3.09. The summed E-state index contributed by atoms with van der Waals surface area (Å²) < 4.78 is 28.5. The van der Waals surface area contributed by atoms with Gasteiger partial charge in [-0.05, 0) is 28.5 Å². The standard InChI is InChI=1S/C21H24N2O3S2/c1-16(2)14-23(28(25,26)15-17-7-4-3-5-8-17)21(19-9-6-12-27-19)18-10-11-20(24)22-13-18/h3-13,16,21H,14-15H2,1-2H3,(H,22,24). The van der Waals surface area contributed by atoms with E-state index in [9.17, 15) is 13.5 Å². The van der Waals surface area contributed by atoms with Crippen LogP contribution in [0, 0.1) is 5.92 Å². The van der Waals surface area contributed by atoms with Crippen molar-refractivity contribution < 1.29 is 13.5 Å². The van der Waals surface area contributed by atoms with Gasteiger partial charge >= 0.3 is 0 Å². The van der Waals surface area contributed by atoms with Gasteiger partial charge in [0, 0.05) is 23.7 Å². The van der Waals surface area contributed by atoms with Gasteiger partial charge in [0.05, 0.1) is 11.8 Å². The van der Waals surface area contributed by atoms with E-state index in [1.54, 1.807) is 16.6 Å². The minimum absolute atomic E-state index is 0.0616. The molecule has 1 aromatic carbocycles. The van der Waals surface area contributed by atoms with E-state index >= 15 is 0 Å². The van der Waals surface area contributed by atoms with Gasteiger partial charge in [-0.3, -0.25) is 0 Å². The number of aromatic nitrogens is 1. The molecule has 3 rings (SSSR count). The van der Waals surface area contributed by atoms with Crippen LogP contribution in [0.3, 0.4) is 0 Å². The minimum Gasteiger partial charge on any atom is -0.493 e. The monoisotopic (exact) mass is 416 g/mol. The number of thiophene rings is 1. The number of pyridine rings is 1. The zero-order valence-electron chi connectivity index (χ0n) is 15.9. The second-order valence-corrected chi connectivity index (χ2v) is 9.97. The Kier molecular flexibility index (Phi) is 6.49. The smallest absolute Gasteiger partial charge is 0.219 e. The number of sulfonamides is 1. The molecule has 0 radical (unpaired) electrons. The van der Waals surface area contributed by atoms with Gasteiger partial charge in [-0.2, -0.15) is 4.31 Å². The molecule has 2 aromatic heterocycles. The Morgan fingerprint density at radius 2 is 1.82 bits per heavy atom. The summed E-state index contributed by atoms with van der Waals surface area (Å²) in [5, 5.41) is 11.5. The molecule has 1 unspecified atom stereocenters. The molecule has 148 valence electrons. The first-order chi connectivity index (χ1) is 13.4. The highest BCUT2D eigenvalue weighted by atomic mass is 32.2. The van der Waals surface area contributed by atoms with Crippen LogP contribution in [-0.2, 0) is 15.8 Å². The van der Waals surface area contributed by atoms with E-state index in [1.165, 1.54) is 17.4 Å². The minimum atomic E-state index is -3.60. The number of aromatic hydroxyl groups is 1. The molecular weight excluding hydrogens is 392 g/mol. The largest absolute Gasteiger partial charge is 0.493 e. The van der Waals surface area contributed by atoms with E-state index in [0.717, 1.165) is 16.0 Å². The maximum Gasteiger partial charge on any atom is 0.219 e. The van der Waals surface area contributed by atoms with Crippen LogP contribution in [0.15, 0.2) is 66.2 Å². The molecular formula is C21H24N2O3S2. The summed E-state index contributed by atoms with van der Waals surface area (Å²) in [4.78, 5) is 4.90. The highest BCUT2D eigenvalue weighted by Crippen LogP contribution is 2.35. The molecule has 0 aliphatic heterocycles. The van der Waals surface area contributed by atoms with Crippen LogP contribution in [-0.4, -0.2) is 29.4 Å². The van der Waals surface area contributed by atoms with Gasteiger partial charge in [-0.1, -0.05) is 56.3 Å². The van der Waals surface area contributed by atoms with Crippen LogP contribution < -0.4 is 0 Å². The molecule has 0 bridgehead atoms. The number of hydrogen-bond acceptors (Lipinski definition) is 5. The van der Waals surface area contributed by atoms with E-state index in [-0.39, 0.29) is 17.6 Å². The predicted octanol–water partition coefficient (Wildman–Crippen LogP) is 4.43. The van der Waals surface area contributed by atoms with Crippen LogP contribution >= 0.6 is 11.3 Å². The quantitative estimate of drug-likeness (QED) is 0.590. The second kappa shape index (κ2) is 8.86. The molecule has 1 atom stereocenters. The number of benzene rings is 1. The van der Waals surface area contributed by atoms with Crippen molar-refractivity contribution >= 4 is 21.4 Å². The normalized spacial score (nSPS) is 13.1. The molecule has 0 amide bonds. The molecule has 0 aliphatic rings. The maximum absolute atomic E-state index is 13.5. The Hall–Kier alpha value is -2.22. The second-order valence-electron chi connectivity index (χ2n) is 7.07. The predicted molar refractivity (Wildman–Crippen MR) is 113 cm³/mol. The Balaban J connectivity index is 2.06. The molecule has 3 aromatic rings. The van der Waals surface area contributed by atoms with Crippen LogP contribution in [0.2, 0.25) is 0 Å². The lowest BCUT2D eigenvalue weighted by molar-refractivity contribution is 0.325. The van der Waals surface area contributed by atoms with Crippen molar-refractivity contribution in [1.82, 2.24) is 9.29 Å². The number of hydrogen-bond donors (Lipinski definition) is 1. The summed E-state index contributed by atoms with van der Waals surface area (Å²) in [5.74, 6) is 0.00262. The molecule has 5 nitrogen and oxygen atoms in total. The molecule has 7 heteroatoms. The van der Waals surface area contributed by atoms with Crippen LogP contribution in [0.4, 0.5) is 0 Å². The highest BCUT2D eigenvalue weighted by molar-refractivity contribution is 7.88. The third kappa shape index (κ3) is 4.98. The van der Waals surface area contributed by atoms with Gasteiger partial charge in [-0.15, -0.1) is 11.3 Å². The van der Waals surface area contributed by atoms with E-state index in [2.05, 4.69) is 4.98 Å². The van der Waals surface area contributed by atoms with Crippen LogP contribution in [0.25, 0.3) is 0 Å². The topological polar surface area (TPSA) is 70.5 Å². The molecule has 2 heterocycles. The third-order valence-corrected chi connectivity index (χ3v) is 6.98. The Bertz CT molecular complexity index is 970. The zero-order chi connectivity index (χ0) is 20.1. The van der Waals surface area contributed by atoms with Gasteiger partial charge in [0.25, 0.3) is 0 Å². The number of rotatable bonds is 8. The summed E-state index contributed by atoms with van der Waals surface area (Å²) >= 11 is 1.51. The first kappa shape index (κ1) is 20.5. The lowest BCUT2D eigenvalue weighted by atomic mass is 10.1. The van der Waals surface area contributed by atoms with Crippen molar-refractivity contribution in [2.45, 2.75) is 25.6 Å². The van der Waals surface area contributed by atoms with Crippen molar-refractivity contribution in [3.8, 4) is 5.88 Å². The Labute approximate surface area is 170 Å². The zero-order valence-corrected chi connectivity index (χ0v) is 17.5. The molecule has 0 saturated heterocycles. The molecule has 0 aliphatic carbocycles. The first-order valence-corrected chi connectivity index (χ1v) is 11.6. The van der Waals surface area contributed by atoms with Crippen LogP contribution in [0.1, 0.15) is 35.9 Å². The van der Waals surface area contributed by atoms with Crippen molar-refractivity contribution in [3.63, 3.8) is 0 Å². The van der Waals surface area contributed by atoms with Gasteiger partial charge in [0.15, 0.2) is 0 Å². The molecule has 1 N–H and O–H groups in total. The van der Waals surface area contributed by atoms with Crippen molar-refractivity contribution in [2.75, 3.05) is 6.54 Å². The molecule has 0 spiro atoms. The lowest BCUT2D eigenvalue weighted by Crippen LogP contribution is -2.38. The van der Waals surface area contributed by atoms with E-state index in [4.69, 9.17) is 0 Å². The summed E-state index contributed by atoms with van der Waals surface area (Å²) in [6, 6.07) is 15.8. The average Bonchev–Trinajstić information content (AvgIpc) is 3.17.